The molecular weight excluding hydrogens is 284 g/mol. The molecule has 22 heavy (non-hydrogen) atoms. The van der Waals surface area contributed by atoms with E-state index in [0.717, 1.165) is 25.0 Å². The van der Waals surface area contributed by atoms with Gasteiger partial charge in [0.2, 0.25) is 0 Å². The van der Waals surface area contributed by atoms with Gasteiger partial charge in [-0.15, -0.1) is 0 Å². The summed E-state index contributed by atoms with van der Waals surface area (Å²) in [6, 6.07) is 1.17. The molecule has 0 atom stereocenters. The molecule has 1 fully saturated rings. The van der Waals surface area contributed by atoms with E-state index in [1.165, 1.54) is 25.3 Å². The lowest BCUT2D eigenvalue weighted by atomic mass is 9.81. The molecule has 1 saturated carbocycles. The zero-order chi connectivity index (χ0) is 16.1. The van der Waals surface area contributed by atoms with Gasteiger partial charge >= 0.3 is 0 Å². The van der Waals surface area contributed by atoms with Crippen LogP contribution in [0, 0.1) is 22.0 Å². The molecular formula is C15H22N4O3. The van der Waals surface area contributed by atoms with Crippen molar-refractivity contribution in [2.75, 3.05) is 11.9 Å². The van der Waals surface area contributed by atoms with Gasteiger partial charge in [0, 0.05) is 12.6 Å². The molecule has 2 rings (SSSR count). The number of carbonyl (C=O) groups excluding carboxylic acids is 1. The van der Waals surface area contributed by atoms with Crippen molar-refractivity contribution >= 4 is 17.4 Å². The van der Waals surface area contributed by atoms with Crippen LogP contribution < -0.4 is 11.1 Å². The fraction of sp³-hybridized carbons (Fsp3) is 0.600. The van der Waals surface area contributed by atoms with Gasteiger partial charge in [0.15, 0.2) is 0 Å². The number of pyridine rings is 1. The summed E-state index contributed by atoms with van der Waals surface area (Å²) >= 11 is 0. The number of amides is 1. The van der Waals surface area contributed by atoms with E-state index < -0.39 is 10.8 Å². The summed E-state index contributed by atoms with van der Waals surface area (Å²) in [5, 5.41) is 13.9. The summed E-state index contributed by atoms with van der Waals surface area (Å²) in [6.45, 7) is 2.94. The maximum Gasteiger partial charge on any atom is 0.288 e. The number of anilines is 1. The third kappa shape index (κ3) is 3.93. The predicted octanol–water partition coefficient (Wildman–Crippen LogP) is 2.72. The summed E-state index contributed by atoms with van der Waals surface area (Å²) in [7, 11) is 0. The van der Waals surface area contributed by atoms with Crippen LogP contribution in [0.15, 0.2) is 12.3 Å². The molecule has 0 saturated heterocycles. The molecule has 0 bridgehead atoms. The summed E-state index contributed by atoms with van der Waals surface area (Å²) in [4.78, 5) is 25.6. The van der Waals surface area contributed by atoms with Crippen LogP contribution in [0.1, 0.15) is 49.4 Å². The number of aromatic nitrogens is 1. The average Bonchev–Trinajstić information content (AvgIpc) is 2.53. The number of rotatable bonds is 6. The molecule has 1 aliphatic carbocycles. The van der Waals surface area contributed by atoms with Gasteiger partial charge < -0.3 is 11.1 Å². The van der Waals surface area contributed by atoms with Gasteiger partial charge in [-0.3, -0.25) is 14.9 Å². The van der Waals surface area contributed by atoms with Crippen LogP contribution in [-0.4, -0.2) is 22.4 Å². The van der Waals surface area contributed by atoms with Crippen LogP contribution in [0.3, 0.4) is 0 Å². The van der Waals surface area contributed by atoms with E-state index in [1.54, 1.807) is 0 Å². The molecule has 0 radical (unpaired) electrons. The van der Waals surface area contributed by atoms with E-state index in [0.29, 0.717) is 18.3 Å². The van der Waals surface area contributed by atoms with Gasteiger partial charge in [0.1, 0.15) is 12.0 Å². The van der Waals surface area contributed by atoms with Gasteiger partial charge in [-0.25, -0.2) is 4.98 Å². The van der Waals surface area contributed by atoms with Gasteiger partial charge in [-0.05, 0) is 24.7 Å². The fourth-order valence-electron chi connectivity index (χ4n) is 2.97. The molecule has 0 aromatic carbocycles. The fourth-order valence-corrected chi connectivity index (χ4v) is 2.97. The van der Waals surface area contributed by atoms with Crippen molar-refractivity contribution in [1.29, 1.82) is 0 Å². The summed E-state index contributed by atoms with van der Waals surface area (Å²) in [5.41, 5.74) is 5.12. The molecule has 7 heteroatoms. The Labute approximate surface area is 129 Å². The normalized spacial score (nSPS) is 21.3. The number of primary amides is 1. The van der Waals surface area contributed by atoms with E-state index in [-0.39, 0.29) is 11.3 Å². The average molecular weight is 306 g/mol. The molecule has 1 aromatic heterocycles. The first-order valence-electron chi connectivity index (χ1n) is 7.69. The first-order valence-corrected chi connectivity index (χ1v) is 7.69. The Morgan fingerprint density at radius 2 is 2.05 bits per heavy atom. The molecule has 3 N–H and O–H groups in total. The van der Waals surface area contributed by atoms with Crippen molar-refractivity contribution in [3.8, 4) is 0 Å². The van der Waals surface area contributed by atoms with E-state index in [1.807, 2.05) is 0 Å². The molecule has 1 amide bonds. The highest BCUT2D eigenvalue weighted by Gasteiger charge is 2.21. The molecule has 120 valence electrons. The number of hydrogen-bond donors (Lipinski definition) is 2. The smallest absolute Gasteiger partial charge is 0.288 e. The zero-order valence-electron chi connectivity index (χ0n) is 12.7. The number of nitrogens with one attached hydrogen (secondary N) is 1. The first kappa shape index (κ1) is 16.2. The lowest BCUT2D eigenvalue weighted by Gasteiger charge is -2.28. The van der Waals surface area contributed by atoms with Crippen LogP contribution in [0.4, 0.5) is 11.5 Å². The Kier molecular flexibility index (Phi) is 5.30. The number of carbonyl (C=O) groups is 1. The Morgan fingerprint density at radius 1 is 1.41 bits per heavy atom. The summed E-state index contributed by atoms with van der Waals surface area (Å²) in [5.74, 6) is 0.986. The lowest BCUT2D eigenvalue weighted by Crippen LogP contribution is -2.23. The highest BCUT2D eigenvalue weighted by molar-refractivity contribution is 5.98. The van der Waals surface area contributed by atoms with Crippen molar-refractivity contribution in [1.82, 2.24) is 4.98 Å². The van der Waals surface area contributed by atoms with Gasteiger partial charge in [-0.1, -0.05) is 26.2 Å². The van der Waals surface area contributed by atoms with Crippen LogP contribution >= 0.6 is 0 Å². The van der Waals surface area contributed by atoms with Crippen molar-refractivity contribution < 1.29 is 9.72 Å². The second-order valence-electron chi connectivity index (χ2n) is 5.89. The Bertz CT molecular complexity index is 554. The van der Waals surface area contributed by atoms with Crippen LogP contribution in [0.2, 0.25) is 0 Å². The minimum absolute atomic E-state index is 0.0662. The standard InChI is InChI=1S/C15H22N4O3/c1-2-10-3-5-11(6-4-10)8-17-15-13(14(16)20)7-12(9-18-15)19(21)22/h7,9-11H,2-6,8H2,1H3,(H2,16,20)(H,17,18). The molecule has 0 unspecified atom stereocenters. The van der Waals surface area contributed by atoms with Gasteiger partial charge in [-0.2, -0.15) is 0 Å². The molecule has 1 aliphatic rings. The first-order chi connectivity index (χ1) is 10.5. The Balaban J connectivity index is 2.00. The third-order valence-corrected chi connectivity index (χ3v) is 4.45. The van der Waals surface area contributed by atoms with Crippen LogP contribution in [0.5, 0.6) is 0 Å². The van der Waals surface area contributed by atoms with Crippen molar-refractivity contribution in [2.45, 2.75) is 39.0 Å². The number of nitro groups is 1. The van der Waals surface area contributed by atoms with E-state index in [4.69, 9.17) is 5.73 Å². The number of nitrogens with zero attached hydrogens (tertiary/aromatic N) is 2. The molecule has 1 heterocycles. The monoisotopic (exact) mass is 306 g/mol. The van der Waals surface area contributed by atoms with E-state index in [9.17, 15) is 14.9 Å². The van der Waals surface area contributed by atoms with Gasteiger partial charge in [0.25, 0.3) is 11.6 Å². The quantitative estimate of drug-likeness (QED) is 0.620. The van der Waals surface area contributed by atoms with E-state index in [2.05, 4.69) is 17.2 Å². The lowest BCUT2D eigenvalue weighted by molar-refractivity contribution is -0.385. The maximum absolute atomic E-state index is 11.4. The van der Waals surface area contributed by atoms with Crippen LogP contribution in [0.25, 0.3) is 0 Å². The highest BCUT2D eigenvalue weighted by atomic mass is 16.6. The topological polar surface area (TPSA) is 111 Å². The SMILES string of the molecule is CCC1CCC(CNc2ncc([N+](=O)[O-])cc2C(N)=O)CC1. The minimum atomic E-state index is -0.714. The largest absolute Gasteiger partial charge is 0.369 e. The Hall–Kier alpha value is -2.18. The molecule has 0 spiro atoms. The van der Waals surface area contributed by atoms with E-state index >= 15 is 0 Å². The Morgan fingerprint density at radius 3 is 2.59 bits per heavy atom. The molecule has 1 aromatic rings. The molecule has 0 aliphatic heterocycles. The summed E-state index contributed by atoms with van der Waals surface area (Å²) < 4.78 is 0. The van der Waals surface area contributed by atoms with Crippen molar-refractivity contribution in [3.63, 3.8) is 0 Å². The maximum atomic E-state index is 11.4. The number of hydrogen-bond acceptors (Lipinski definition) is 5. The highest BCUT2D eigenvalue weighted by Crippen LogP contribution is 2.31. The molecule has 7 nitrogen and oxygen atoms in total. The minimum Gasteiger partial charge on any atom is -0.369 e. The number of nitrogens with two attached hydrogens (primary N) is 1. The second-order valence-corrected chi connectivity index (χ2v) is 5.89. The van der Waals surface area contributed by atoms with Crippen molar-refractivity contribution in [2.24, 2.45) is 17.6 Å². The predicted molar refractivity (Wildman–Crippen MR) is 83.6 cm³/mol. The zero-order valence-corrected chi connectivity index (χ0v) is 12.7. The summed E-state index contributed by atoms with van der Waals surface area (Å²) in [6.07, 6.45) is 7.16. The van der Waals surface area contributed by atoms with Crippen molar-refractivity contribution in [3.05, 3.63) is 27.9 Å². The third-order valence-electron chi connectivity index (χ3n) is 4.45. The second kappa shape index (κ2) is 7.20. The van der Waals surface area contributed by atoms with Crippen LogP contribution in [-0.2, 0) is 0 Å². The van der Waals surface area contributed by atoms with Gasteiger partial charge in [0.05, 0.1) is 10.5 Å².